The van der Waals surface area contributed by atoms with Gasteiger partial charge in [0.1, 0.15) is 5.37 Å². The second-order valence-corrected chi connectivity index (χ2v) is 11.9. The molecule has 2 heterocycles. The lowest BCUT2D eigenvalue weighted by atomic mass is 9.92. The van der Waals surface area contributed by atoms with Gasteiger partial charge in [-0.2, -0.15) is 0 Å². The molecular weight excluding hydrogens is 589 g/mol. The quantitative estimate of drug-likeness (QED) is 0.193. The van der Waals surface area contributed by atoms with Gasteiger partial charge in [0.2, 0.25) is 0 Å². The summed E-state index contributed by atoms with van der Waals surface area (Å²) in [5, 5.41) is 6.40. The van der Waals surface area contributed by atoms with E-state index in [9.17, 15) is 0 Å². The van der Waals surface area contributed by atoms with Crippen molar-refractivity contribution in [2.75, 3.05) is 5.32 Å². The summed E-state index contributed by atoms with van der Waals surface area (Å²) in [6, 6.07) is 22.1. The van der Waals surface area contributed by atoms with Gasteiger partial charge < -0.3 is 5.32 Å². The number of anilines is 1. The fourth-order valence-electron chi connectivity index (χ4n) is 6.05. The van der Waals surface area contributed by atoms with Crippen molar-refractivity contribution in [2.24, 2.45) is 0 Å². The summed E-state index contributed by atoms with van der Waals surface area (Å²) in [5.74, 6) is 0. The largest absolute Gasteiger partial charge is 0.368 e. The average Bonchev–Trinajstić information content (AvgIpc) is 3.57. The summed E-state index contributed by atoms with van der Waals surface area (Å²) in [5.41, 5.74) is 14.8. The topological polar surface area (TPSA) is 24.9 Å². The van der Waals surface area contributed by atoms with Crippen molar-refractivity contribution in [3.8, 4) is 11.1 Å². The maximum Gasteiger partial charge on any atom is 0.103 e. The van der Waals surface area contributed by atoms with Gasteiger partial charge in [-0.3, -0.25) is 0 Å². The molecule has 0 radical (unpaired) electrons. The second-order valence-electron chi connectivity index (χ2n) is 10.7. The molecule has 0 saturated carbocycles. The highest BCUT2D eigenvalue weighted by atomic mass is 32.2. The fraction of sp³-hybridized carbons (Fsp3) is 0.295. The summed E-state index contributed by atoms with van der Waals surface area (Å²) in [7, 11) is 0. The molecule has 0 amide bonds. The van der Waals surface area contributed by atoms with E-state index in [0.717, 1.165) is 11.0 Å². The maximum atomic E-state index is 5.13. The molecular formula is C44H54N2S. The van der Waals surface area contributed by atoms with Gasteiger partial charge in [0.15, 0.2) is 0 Å². The minimum Gasteiger partial charge on any atom is -0.368 e. The molecule has 0 saturated heterocycles. The minimum atomic E-state index is 0.156. The lowest BCUT2D eigenvalue weighted by Crippen LogP contribution is -2.03. The van der Waals surface area contributed by atoms with Gasteiger partial charge in [0, 0.05) is 32.4 Å². The normalized spacial score (nSPS) is 13.6. The number of hydrogen-bond acceptors (Lipinski definition) is 3. The van der Waals surface area contributed by atoms with Crippen molar-refractivity contribution < 1.29 is 0 Å². The number of aryl methyl sites for hydroxylation is 1. The average molecular weight is 643 g/mol. The van der Waals surface area contributed by atoms with Crippen LogP contribution in [0.15, 0.2) is 83.8 Å². The Morgan fingerprint density at radius 1 is 0.638 bits per heavy atom. The molecule has 0 aliphatic carbocycles. The lowest BCUT2D eigenvalue weighted by Gasteiger charge is -2.16. The second kappa shape index (κ2) is 17.7. The van der Waals surface area contributed by atoms with Gasteiger partial charge in [-0.1, -0.05) is 144 Å². The van der Waals surface area contributed by atoms with Crippen LogP contribution in [0.2, 0.25) is 0 Å². The molecule has 47 heavy (non-hydrogen) atoms. The van der Waals surface area contributed by atoms with Crippen molar-refractivity contribution in [1.29, 1.82) is 0 Å². The van der Waals surface area contributed by atoms with Crippen LogP contribution in [0.3, 0.4) is 0 Å². The number of nitrogens with zero attached hydrogens (tertiary/aromatic N) is 1. The van der Waals surface area contributed by atoms with Gasteiger partial charge in [0.25, 0.3) is 0 Å². The van der Waals surface area contributed by atoms with E-state index in [1.165, 1.54) is 71.4 Å². The lowest BCUT2D eigenvalue weighted by molar-refractivity contribution is 1.13. The highest BCUT2D eigenvalue weighted by molar-refractivity contribution is 8.00. The first-order chi connectivity index (χ1) is 23.0. The first-order valence-electron chi connectivity index (χ1n) is 17.4. The molecule has 1 aliphatic rings. The number of rotatable bonds is 5. The van der Waals surface area contributed by atoms with Crippen LogP contribution in [0.1, 0.15) is 107 Å². The number of nitrogens with one attached hydrogen (secondary N) is 1. The molecule has 1 atom stereocenters. The van der Waals surface area contributed by atoms with E-state index >= 15 is 0 Å². The summed E-state index contributed by atoms with van der Waals surface area (Å²) in [6.45, 7) is 24.9. The van der Waals surface area contributed by atoms with E-state index in [4.69, 9.17) is 4.98 Å². The van der Waals surface area contributed by atoms with Crippen LogP contribution in [0.4, 0.5) is 5.69 Å². The van der Waals surface area contributed by atoms with Crippen LogP contribution in [0.25, 0.3) is 51.2 Å². The van der Waals surface area contributed by atoms with Crippen LogP contribution in [0.5, 0.6) is 0 Å². The molecule has 246 valence electrons. The van der Waals surface area contributed by atoms with E-state index in [1.807, 2.05) is 53.3 Å². The molecule has 2 nitrogen and oxygen atoms in total. The Morgan fingerprint density at radius 2 is 1.21 bits per heavy atom. The number of pyridine rings is 1. The van der Waals surface area contributed by atoms with E-state index in [2.05, 4.69) is 144 Å². The van der Waals surface area contributed by atoms with E-state index in [-0.39, 0.29) is 5.37 Å². The molecule has 1 aromatic heterocycles. The van der Waals surface area contributed by atoms with Gasteiger partial charge in [-0.05, 0) is 81.0 Å². The zero-order valence-electron chi connectivity index (χ0n) is 30.7. The predicted octanol–water partition coefficient (Wildman–Crippen LogP) is 14.4. The zero-order chi connectivity index (χ0) is 34.7. The number of allylic oxidation sites excluding steroid dienone is 3. The van der Waals surface area contributed by atoms with Crippen LogP contribution in [0, 0.1) is 20.8 Å². The highest BCUT2D eigenvalue weighted by Crippen LogP contribution is 2.52. The Balaban J connectivity index is 0.000000947. The Kier molecular flexibility index (Phi) is 14.1. The maximum absolute atomic E-state index is 5.13. The van der Waals surface area contributed by atoms with Gasteiger partial charge in [0.05, 0.1) is 16.7 Å². The standard InChI is InChI=1S/C38H36N2S.3C2H6/c1-7-12-28-23(4)17-22-32-34(31-15-10-11-16-33(31)39-35(28)32)26-18-20-27(21-19-26)38-40-36-29(13-8-2)24(5)25(6)30(14-9-3)37(36)41-38;3*1-2/h7-22,38,40H,1-6H3;3*1-2H3/b12-7-,13-8-,14-9-;;;. The summed E-state index contributed by atoms with van der Waals surface area (Å²) >= 11 is 1.92. The van der Waals surface area contributed by atoms with Crippen LogP contribution in [-0.2, 0) is 0 Å². The Labute approximate surface area is 289 Å². The number of thioether (sulfide) groups is 1. The third-order valence-corrected chi connectivity index (χ3v) is 9.52. The van der Waals surface area contributed by atoms with Crippen molar-refractivity contribution in [3.05, 3.63) is 118 Å². The van der Waals surface area contributed by atoms with Crippen LogP contribution in [-0.4, -0.2) is 4.98 Å². The molecule has 1 unspecified atom stereocenters. The van der Waals surface area contributed by atoms with E-state index in [1.54, 1.807) is 0 Å². The predicted molar refractivity (Wildman–Crippen MR) is 216 cm³/mol. The molecule has 5 aromatic rings. The molecule has 1 N–H and O–H groups in total. The van der Waals surface area contributed by atoms with Gasteiger partial charge in [-0.25, -0.2) is 4.98 Å². The molecule has 4 aromatic carbocycles. The number of para-hydroxylation sites is 1. The molecule has 6 rings (SSSR count). The third-order valence-electron chi connectivity index (χ3n) is 8.23. The molecule has 3 heteroatoms. The number of fused-ring (bicyclic) bond motifs is 3. The monoisotopic (exact) mass is 642 g/mol. The van der Waals surface area contributed by atoms with E-state index in [0.29, 0.717) is 0 Å². The number of benzene rings is 4. The first-order valence-corrected chi connectivity index (χ1v) is 18.3. The third kappa shape index (κ3) is 7.41. The SMILES string of the molecule is C/C=C\c1c(C)c(C)c(/C=C\C)c2c1NC(c1ccc(-c3c4ccccc4nc4c(/C=C\C)c(C)ccc34)cc1)S2.CC.CC.CC. The number of aromatic nitrogens is 1. The van der Waals surface area contributed by atoms with Crippen LogP contribution < -0.4 is 5.32 Å². The molecule has 0 fully saturated rings. The Hall–Kier alpha value is -4.08. The zero-order valence-corrected chi connectivity index (χ0v) is 31.5. The van der Waals surface area contributed by atoms with Crippen molar-refractivity contribution >= 4 is 57.5 Å². The van der Waals surface area contributed by atoms with Crippen LogP contribution >= 0.6 is 11.8 Å². The minimum absolute atomic E-state index is 0.156. The Morgan fingerprint density at radius 3 is 1.85 bits per heavy atom. The Bertz CT molecular complexity index is 1840. The van der Waals surface area contributed by atoms with Gasteiger partial charge >= 0.3 is 0 Å². The van der Waals surface area contributed by atoms with Crippen molar-refractivity contribution in [1.82, 2.24) is 4.98 Å². The molecule has 0 spiro atoms. The van der Waals surface area contributed by atoms with Gasteiger partial charge in [-0.15, -0.1) is 0 Å². The highest BCUT2D eigenvalue weighted by Gasteiger charge is 2.29. The summed E-state index contributed by atoms with van der Waals surface area (Å²) in [4.78, 5) is 6.47. The smallest absolute Gasteiger partial charge is 0.103 e. The first kappa shape index (κ1) is 37.4. The van der Waals surface area contributed by atoms with Crippen molar-refractivity contribution in [2.45, 2.75) is 93.4 Å². The summed E-state index contributed by atoms with van der Waals surface area (Å²) in [6.07, 6.45) is 13.1. The molecule has 1 aliphatic heterocycles. The molecule has 0 bridgehead atoms. The number of hydrogen-bond donors (Lipinski definition) is 1. The fourth-order valence-corrected chi connectivity index (χ4v) is 7.39. The summed E-state index contributed by atoms with van der Waals surface area (Å²) < 4.78 is 0. The van der Waals surface area contributed by atoms with E-state index < -0.39 is 0 Å². The van der Waals surface area contributed by atoms with Crippen molar-refractivity contribution in [3.63, 3.8) is 0 Å².